The van der Waals surface area contributed by atoms with Crippen molar-refractivity contribution in [2.75, 3.05) is 11.5 Å². The van der Waals surface area contributed by atoms with Crippen molar-refractivity contribution < 1.29 is 13.2 Å². The van der Waals surface area contributed by atoms with Crippen LogP contribution in [0.25, 0.3) is 0 Å². The fraction of sp³-hybridized carbons (Fsp3) is 0.933. The van der Waals surface area contributed by atoms with Crippen molar-refractivity contribution in [3.63, 3.8) is 0 Å². The van der Waals surface area contributed by atoms with Crippen LogP contribution in [-0.4, -0.2) is 25.7 Å². The molecular formula is C15H28O3S. The van der Waals surface area contributed by atoms with E-state index in [9.17, 15) is 13.2 Å². The molecule has 0 aromatic rings. The van der Waals surface area contributed by atoms with E-state index in [1.165, 1.54) is 0 Å². The highest BCUT2D eigenvalue weighted by Crippen LogP contribution is 2.44. The minimum absolute atomic E-state index is 0.135. The van der Waals surface area contributed by atoms with Crippen LogP contribution in [0.5, 0.6) is 0 Å². The number of Topliss-reactive ketones (excluding diaryl/α,β-unsaturated/α-hetero) is 1. The third kappa shape index (κ3) is 4.90. The number of hydrogen-bond donors (Lipinski definition) is 0. The Morgan fingerprint density at radius 1 is 1.21 bits per heavy atom. The van der Waals surface area contributed by atoms with E-state index < -0.39 is 9.84 Å². The Morgan fingerprint density at radius 2 is 1.79 bits per heavy atom. The van der Waals surface area contributed by atoms with Crippen molar-refractivity contribution in [1.29, 1.82) is 0 Å². The Hall–Kier alpha value is -0.380. The molecule has 1 fully saturated rings. The monoisotopic (exact) mass is 288 g/mol. The molecule has 4 heteroatoms. The Labute approximate surface area is 118 Å². The van der Waals surface area contributed by atoms with Crippen LogP contribution >= 0.6 is 0 Å². The molecule has 1 aliphatic rings. The van der Waals surface area contributed by atoms with Gasteiger partial charge in [-0.3, -0.25) is 4.79 Å². The van der Waals surface area contributed by atoms with Gasteiger partial charge in [0, 0.05) is 17.6 Å². The number of sulfone groups is 1. The highest BCUT2D eigenvalue weighted by molar-refractivity contribution is 7.91. The molecular weight excluding hydrogens is 260 g/mol. The zero-order valence-electron chi connectivity index (χ0n) is 12.6. The van der Waals surface area contributed by atoms with E-state index in [1.807, 2.05) is 0 Å². The Bertz CT molecular complexity index is 390. The molecule has 0 N–H and O–H groups in total. The second-order valence-electron chi connectivity index (χ2n) is 6.35. The standard InChI is InChI=1S/C15H28O3S/c1-4-19(17,18)11-7-8-14(16)15(12-13(2)3)9-5-6-10-15/h13H,4-12H2,1-3H3. The first kappa shape index (κ1) is 16.7. The quantitative estimate of drug-likeness (QED) is 0.688. The minimum atomic E-state index is -2.93. The Morgan fingerprint density at radius 3 is 2.26 bits per heavy atom. The van der Waals surface area contributed by atoms with E-state index in [0.717, 1.165) is 32.1 Å². The van der Waals surface area contributed by atoms with E-state index in [-0.39, 0.29) is 16.9 Å². The SMILES string of the molecule is CCS(=O)(=O)CCCC(=O)C1(CC(C)C)CCCC1. The molecule has 0 unspecified atom stereocenters. The van der Waals surface area contributed by atoms with Crippen molar-refractivity contribution in [1.82, 2.24) is 0 Å². The lowest BCUT2D eigenvalue weighted by atomic mass is 9.74. The molecule has 0 aliphatic heterocycles. The first-order valence-electron chi connectivity index (χ1n) is 7.55. The van der Waals surface area contributed by atoms with Crippen LogP contribution in [0.1, 0.15) is 65.7 Å². The van der Waals surface area contributed by atoms with Gasteiger partial charge in [0.15, 0.2) is 0 Å². The summed E-state index contributed by atoms with van der Waals surface area (Å²) in [5.74, 6) is 1.18. The number of rotatable bonds is 8. The highest BCUT2D eigenvalue weighted by atomic mass is 32.2. The fourth-order valence-electron chi connectivity index (χ4n) is 3.29. The predicted molar refractivity (Wildman–Crippen MR) is 78.9 cm³/mol. The van der Waals surface area contributed by atoms with Gasteiger partial charge in [-0.2, -0.15) is 0 Å². The molecule has 0 spiro atoms. The van der Waals surface area contributed by atoms with Gasteiger partial charge in [0.25, 0.3) is 0 Å². The smallest absolute Gasteiger partial charge is 0.150 e. The minimum Gasteiger partial charge on any atom is -0.299 e. The number of carbonyl (C=O) groups is 1. The molecule has 0 saturated heterocycles. The summed E-state index contributed by atoms with van der Waals surface area (Å²) in [6, 6.07) is 0. The van der Waals surface area contributed by atoms with Gasteiger partial charge in [0.2, 0.25) is 0 Å². The largest absolute Gasteiger partial charge is 0.299 e. The predicted octanol–water partition coefficient (Wildman–Crippen LogP) is 3.38. The zero-order valence-corrected chi connectivity index (χ0v) is 13.4. The van der Waals surface area contributed by atoms with Crippen LogP contribution in [0.4, 0.5) is 0 Å². The molecule has 19 heavy (non-hydrogen) atoms. The number of carbonyl (C=O) groups excluding carboxylic acids is 1. The first-order chi connectivity index (χ1) is 8.81. The summed E-state index contributed by atoms with van der Waals surface area (Å²) in [6.07, 6.45) is 6.19. The van der Waals surface area contributed by atoms with Gasteiger partial charge >= 0.3 is 0 Å². The number of ketones is 1. The average Bonchev–Trinajstić information content (AvgIpc) is 2.77. The highest BCUT2D eigenvalue weighted by Gasteiger charge is 2.40. The third-order valence-electron chi connectivity index (χ3n) is 4.25. The van der Waals surface area contributed by atoms with Gasteiger partial charge in [-0.1, -0.05) is 33.6 Å². The van der Waals surface area contributed by atoms with Gasteiger partial charge in [-0.15, -0.1) is 0 Å². The van der Waals surface area contributed by atoms with Crippen LogP contribution in [0.15, 0.2) is 0 Å². The van der Waals surface area contributed by atoms with E-state index in [2.05, 4.69) is 13.8 Å². The molecule has 1 saturated carbocycles. The summed E-state index contributed by atoms with van der Waals surface area (Å²) in [5, 5.41) is 0. The van der Waals surface area contributed by atoms with E-state index in [4.69, 9.17) is 0 Å². The second-order valence-corrected chi connectivity index (χ2v) is 8.82. The zero-order chi connectivity index (χ0) is 14.5. The van der Waals surface area contributed by atoms with E-state index in [0.29, 0.717) is 24.5 Å². The van der Waals surface area contributed by atoms with Gasteiger partial charge in [0.1, 0.15) is 15.6 Å². The first-order valence-corrected chi connectivity index (χ1v) is 9.37. The normalized spacial score (nSPS) is 18.9. The van der Waals surface area contributed by atoms with Crippen molar-refractivity contribution in [2.24, 2.45) is 11.3 Å². The summed E-state index contributed by atoms with van der Waals surface area (Å²) < 4.78 is 22.9. The summed E-state index contributed by atoms with van der Waals surface area (Å²) in [7, 11) is -2.93. The molecule has 0 amide bonds. The van der Waals surface area contributed by atoms with Crippen molar-refractivity contribution in [2.45, 2.75) is 65.7 Å². The molecule has 0 radical (unpaired) electrons. The van der Waals surface area contributed by atoms with E-state index in [1.54, 1.807) is 6.92 Å². The van der Waals surface area contributed by atoms with Crippen LogP contribution in [0, 0.1) is 11.3 Å². The van der Waals surface area contributed by atoms with Crippen LogP contribution in [-0.2, 0) is 14.6 Å². The van der Waals surface area contributed by atoms with Crippen LogP contribution < -0.4 is 0 Å². The molecule has 3 nitrogen and oxygen atoms in total. The molecule has 0 bridgehead atoms. The van der Waals surface area contributed by atoms with Crippen molar-refractivity contribution in [3.8, 4) is 0 Å². The van der Waals surface area contributed by atoms with Crippen LogP contribution in [0.2, 0.25) is 0 Å². The number of hydrogen-bond acceptors (Lipinski definition) is 3. The van der Waals surface area contributed by atoms with Crippen molar-refractivity contribution >= 4 is 15.6 Å². The van der Waals surface area contributed by atoms with Crippen molar-refractivity contribution in [3.05, 3.63) is 0 Å². The lowest BCUT2D eigenvalue weighted by molar-refractivity contribution is -0.129. The maximum atomic E-state index is 12.5. The van der Waals surface area contributed by atoms with Crippen LogP contribution in [0.3, 0.4) is 0 Å². The Balaban J connectivity index is 2.54. The summed E-state index contributed by atoms with van der Waals surface area (Å²) in [4.78, 5) is 12.5. The van der Waals surface area contributed by atoms with E-state index >= 15 is 0 Å². The second kappa shape index (κ2) is 6.87. The molecule has 0 atom stereocenters. The maximum Gasteiger partial charge on any atom is 0.150 e. The van der Waals surface area contributed by atoms with Gasteiger partial charge < -0.3 is 0 Å². The fourth-order valence-corrected chi connectivity index (χ4v) is 4.17. The maximum absolute atomic E-state index is 12.5. The molecule has 0 heterocycles. The topological polar surface area (TPSA) is 51.2 Å². The molecule has 0 aromatic heterocycles. The van der Waals surface area contributed by atoms with Gasteiger partial charge in [0.05, 0.1) is 5.75 Å². The summed E-state index contributed by atoms with van der Waals surface area (Å²) in [5.41, 5.74) is -0.135. The summed E-state index contributed by atoms with van der Waals surface area (Å²) >= 11 is 0. The summed E-state index contributed by atoms with van der Waals surface area (Å²) in [6.45, 7) is 5.98. The lowest BCUT2D eigenvalue weighted by Gasteiger charge is -2.29. The molecule has 112 valence electrons. The Kier molecular flexibility index (Phi) is 6.03. The molecule has 1 aliphatic carbocycles. The molecule has 1 rings (SSSR count). The molecule has 0 aromatic carbocycles. The third-order valence-corrected chi connectivity index (χ3v) is 6.04. The lowest BCUT2D eigenvalue weighted by Crippen LogP contribution is -2.30. The van der Waals surface area contributed by atoms with Gasteiger partial charge in [-0.05, 0) is 31.6 Å². The average molecular weight is 288 g/mol. The van der Waals surface area contributed by atoms with Gasteiger partial charge in [-0.25, -0.2) is 8.42 Å².